The normalized spacial score (nSPS) is 12.9. The molecule has 0 aliphatic carbocycles. The first-order chi connectivity index (χ1) is 8.62. The molecule has 0 aliphatic rings. The molecule has 1 atom stereocenters. The molecule has 0 bridgehead atoms. The third kappa shape index (κ3) is 4.11. The molecule has 0 saturated carbocycles. The van der Waals surface area contributed by atoms with Crippen LogP contribution in [0.1, 0.15) is 20.8 Å². The Balaban J connectivity index is 2.80. The van der Waals surface area contributed by atoms with Crippen LogP contribution in [0.25, 0.3) is 0 Å². The second kappa shape index (κ2) is 5.80. The Bertz CT molecular complexity index is 510. The monoisotopic (exact) mass is 302 g/mol. The van der Waals surface area contributed by atoms with Gasteiger partial charge in [-0.1, -0.05) is 32.4 Å². The van der Waals surface area contributed by atoms with Crippen LogP contribution in [-0.2, 0) is 9.59 Å². The van der Waals surface area contributed by atoms with Crippen LogP contribution in [0.2, 0.25) is 5.02 Å². The van der Waals surface area contributed by atoms with Gasteiger partial charge in [-0.05, 0) is 18.2 Å². The fourth-order valence-corrected chi connectivity index (χ4v) is 1.83. The molecule has 0 heterocycles. The van der Waals surface area contributed by atoms with Crippen molar-refractivity contribution in [2.24, 2.45) is 5.41 Å². The van der Waals surface area contributed by atoms with Gasteiger partial charge in [0.1, 0.15) is 0 Å². The van der Waals surface area contributed by atoms with Gasteiger partial charge in [-0.2, -0.15) is 0 Å². The highest BCUT2D eigenvalue weighted by molar-refractivity contribution is 6.43. The lowest BCUT2D eigenvalue weighted by Crippen LogP contribution is -2.37. The quantitative estimate of drug-likeness (QED) is 0.512. The lowest BCUT2D eigenvalue weighted by atomic mass is 9.88. The van der Waals surface area contributed by atoms with Crippen LogP contribution in [0.4, 0.5) is 11.4 Å². The maximum Gasteiger partial charge on any atom is 0.250 e. The number of hydrogen-bond acceptors (Lipinski definition) is 3. The number of halogens is 2. The van der Waals surface area contributed by atoms with Gasteiger partial charge in [0.15, 0.2) is 11.2 Å². The van der Waals surface area contributed by atoms with E-state index in [1.165, 1.54) is 6.07 Å². The van der Waals surface area contributed by atoms with E-state index in [9.17, 15) is 9.59 Å². The number of alkyl halides is 1. The fourth-order valence-electron chi connectivity index (χ4n) is 1.33. The Morgan fingerprint density at radius 3 is 2.37 bits per heavy atom. The molecular formula is C13H16Cl2N2O2. The lowest BCUT2D eigenvalue weighted by Gasteiger charge is -2.20. The molecule has 1 amide bonds. The molecule has 0 aliphatic heterocycles. The third-order valence-electron chi connectivity index (χ3n) is 2.46. The zero-order chi connectivity index (χ0) is 14.8. The predicted octanol–water partition coefficient (Wildman–Crippen LogP) is 3.08. The number of carbonyl (C=O) groups is 2. The lowest BCUT2D eigenvalue weighted by molar-refractivity contribution is -0.130. The smallest absolute Gasteiger partial charge is 0.250 e. The van der Waals surface area contributed by atoms with E-state index in [0.717, 1.165) is 0 Å². The number of nitrogens with one attached hydrogen (secondary N) is 1. The van der Waals surface area contributed by atoms with E-state index in [2.05, 4.69) is 5.32 Å². The highest BCUT2D eigenvalue weighted by Crippen LogP contribution is 2.24. The van der Waals surface area contributed by atoms with Gasteiger partial charge in [0.05, 0.1) is 10.7 Å². The van der Waals surface area contributed by atoms with E-state index in [4.69, 9.17) is 28.9 Å². The van der Waals surface area contributed by atoms with Crippen molar-refractivity contribution in [2.45, 2.75) is 26.1 Å². The molecule has 0 fully saturated rings. The van der Waals surface area contributed by atoms with Crippen molar-refractivity contribution in [2.75, 3.05) is 11.1 Å². The van der Waals surface area contributed by atoms with Crippen molar-refractivity contribution in [1.82, 2.24) is 0 Å². The molecule has 1 aromatic rings. The van der Waals surface area contributed by atoms with Gasteiger partial charge in [-0.3, -0.25) is 9.59 Å². The van der Waals surface area contributed by atoms with Crippen LogP contribution < -0.4 is 11.1 Å². The first-order valence-corrected chi connectivity index (χ1v) is 6.48. The van der Waals surface area contributed by atoms with E-state index in [0.29, 0.717) is 16.4 Å². The number of amides is 1. The van der Waals surface area contributed by atoms with Crippen LogP contribution >= 0.6 is 23.2 Å². The molecule has 1 aromatic carbocycles. The van der Waals surface area contributed by atoms with Crippen LogP contribution in [0.15, 0.2) is 18.2 Å². The molecule has 0 aromatic heterocycles. The van der Waals surface area contributed by atoms with Gasteiger partial charge in [-0.25, -0.2) is 0 Å². The Hall–Kier alpha value is -1.26. The molecule has 0 spiro atoms. The fraction of sp³-hybridized carbons (Fsp3) is 0.385. The SMILES string of the molecule is CC(C)(C)C(=O)C(Cl)C(=O)Nc1ccc(Cl)c(N)c1. The van der Waals surface area contributed by atoms with Gasteiger partial charge in [0.2, 0.25) is 5.91 Å². The predicted molar refractivity (Wildman–Crippen MR) is 78.6 cm³/mol. The standard InChI is InChI=1S/C13H16Cl2N2O2/c1-13(2,3)11(18)10(15)12(19)17-7-4-5-8(14)9(16)6-7/h4-6,10H,16H2,1-3H3,(H,17,19). The summed E-state index contributed by atoms with van der Waals surface area (Å²) < 4.78 is 0. The van der Waals surface area contributed by atoms with Gasteiger partial charge >= 0.3 is 0 Å². The molecular weight excluding hydrogens is 287 g/mol. The van der Waals surface area contributed by atoms with Crippen molar-refractivity contribution < 1.29 is 9.59 Å². The summed E-state index contributed by atoms with van der Waals surface area (Å²) in [6.07, 6.45) is 0. The number of carbonyl (C=O) groups excluding carboxylic acids is 2. The van der Waals surface area contributed by atoms with Gasteiger partial charge in [0.25, 0.3) is 0 Å². The van der Waals surface area contributed by atoms with Crippen molar-refractivity contribution in [3.05, 3.63) is 23.2 Å². The van der Waals surface area contributed by atoms with Crippen LogP contribution in [-0.4, -0.2) is 17.1 Å². The minimum atomic E-state index is -1.24. The topological polar surface area (TPSA) is 72.2 Å². The minimum absolute atomic E-state index is 0.339. The first-order valence-electron chi connectivity index (χ1n) is 5.67. The molecule has 104 valence electrons. The summed E-state index contributed by atoms with van der Waals surface area (Å²) in [5, 5.41) is 1.69. The maximum atomic E-state index is 11.9. The van der Waals surface area contributed by atoms with E-state index < -0.39 is 16.7 Å². The number of nitrogens with two attached hydrogens (primary N) is 1. The summed E-state index contributed by atoms with van der Waals surface area (Å²) in [5.41, 5.74) is 5.72. The highest BCUT2D eigenvalue weighted by Gasteiger charge is 2.33. The average molecular weight is 303 g/mol. The van der Waals surface area contributed by atoms with Gasteiger partial charge in [0, 0.05) is 11.1 Å². The van der Waals surface area contributed by atoms with Crippen LogP contribution in [0, 0.1) is 5.41 Å². The Labute approximate surface area is 122 Å². The minimum Gasteiger partial charge on any atom is -0.397 e. The third-order valence-corrected chi connectivity index (χ3v) is 3.20. The Morgan fingerprint density at radius 1 is 1.32 bits per heavy atom. The maximum absolute atomic E-state index is 11.9. The Kier molecular flexibility index (Phi) is 4.82. The number of Topliss-reactive ketones (excluding diaryl/α,β-unsaturated/α-hetero) is 1. The number of hydrogen-bond donors (Lipinski definition) is 2. The molecule has 0 saturated heterocycles. The Morgan fingerprint density at radius 2 is 1.89 bits per heavy atom. The summed E-state index contributed by atoms with van der Waals surface area (Å²) in [6, 6.07) is 4.65. The van der Waals surface area contributed by atoms with E-state index in [-0.39, 0.29) is 5.78 Å². The zero-order valence-corrected chi connectivity index (χ0v) is 12.5. The highest BCUT2D eigenvalue weighted by atomic mass is 35.5. The first kappa shape index (κ1) is 15.8. The zero-order valence-electron chi connectivity index (χ0n) is 11.0. The molecule has 4 nitrogen and oxygen atoms in total. The molecule has 1 rings (SSSR count). The summed E-state index contributed by atoms with van der Waals surface area (Å²) in [6.45, 7) is 5.12. The summed E-state index contributed by atoms with van der Waals surface area (Å²) in [4.78, 5) is 23.7. The molecule has 0 radical (unpaired) electrons. The number of rotatable bonds is 3. The second-order valence-electron chi connectivity index (χ2n) is 5.20. The molecule has 6 heteroatoms. The van der Waals surface area contributed by atoms with E-state index in [1.54, 1.807) is 32.9 Å². The summed E-state index contributed by atoms with van der Waals surface area (Å²) in [5.74, 6) is -0.920. The second-order valence-corrected chi connectivity index (χ2v) is 6.05. The van der Waals surface area contributed by atoms with Crippen LogP contribution in [0.5, 0.6) is 0 Å². The number of anilines is 2. The molecule has 1 unspecified atom stereocenters. The van der Waals surface area contributed by atoms with Crippen molar-refractivity contribution in [3.63, 3.8) is 0 Å². The largest absolute Gasteiger partial charge is 0.397 e. The van der Waals surface area contributed by atoms with Gasteiger partial charge < -0.3 is 11.1 Å². The average Bonchev–Trinajstić information content (AvgIpc) is 2.30. The van der Waals surface area contributed by atoms with Crippen molar-refractivity contribution in [1.29, 1.82) is 0 Å². The van der Waals surface area contributed by atoms with Crippen molar-refractivity contribution in [3.8, 4) is 0 Å². The molecule has 3 N–H and O–H groups in total. The molecule has 19 heavy (non-hydrogen) atoms. The number of ketones is 1. The van der Waals surface area contributed by atoms with E-state index >= 15 is 0 Å². The van der Waals surface area contributed by atoms with E-state index in [1.807, 2.05) is 0 Å². The number of nitrogen functional groups attached to an aromatic ring is 1. The number of benzene rings is 1. The summed E-state index contributed by atoms with van der Waals surface area (Å²) >= 11 is 11.6. The van der Waals surface area contributed by atoms with Crippen molar-refractivity contribution >= 4 is 46.3 Å². The summed E-state index contributed by atoms with van der Waals surface area (Å²) in [7, 11) is 0. The van der Waals surface area contributed by atoms with Crippen LogP contribution in [0.3, 0.4) is 0 Å². The van der Waals surface area contributed by atoms with Gasteiger partial charge in [-0.15, -0.1) is 11.6 Å².